The average Bonchev–Trinajstić information content (AvgIpc) is 1.72. The first-order chi connectivity index (χ1) is 6.83. The third kappa shape index (κ3) is 23.6. The lowest BCUT2D eigenvalue weighted by Gasteiger charge is -2.22. The van der Waals surface area contributed by atoms with Gasteiger partial charge in [-0.15, -0.1) is 0 Å². The molecular formula is C14H34N2. The van der Waals surface area contributed by atoms with E-state index in [2.05, 4.69) is 79.5 Å². The maximum absolute atomic E-state index is 2.24. The van der Waals surface area contributed by atoms with Gasteiger partial charge in [-0.05, 0) is 39.0 Å². The van der Waals surface area contributed by atoms with Crippen LogP contribution in [0.4, 0.5) is 0 Å². The molecule has 0 aliphatic rings. The van der Waals surface area contributed by atoms with Gasteiger partial charge < -0.3 is 9.80 Å². The molecule has 0 N–H and O–H groups in total. The largest absolute Gasteiger partial charge is 0.309 e. The lowest BCUT2D eigenvalue weighted by molar-refractivity contribution is 0.263. The van der Waals surface area contributed by atoms with Crippen molar-refractivity contribution in [1.29, 1.82) is 0 Å². The monoisotopic (exact) mass is 230 g/mol. The van der Waals surface area contributed by atoms with Crippen LogP contribution in [0.5, 0.6) is 0 Å². The van der Waals surface area contributed by atoms with Gasteiger partial charge in [0.15, 0.2) is 0 Å². The lowest BCUT2D eigenvalue weighted by Crippen LogP contribution is -2.25. The zero-order valence-electron chi connectivity index (χ0n) is 13.3. The minimum Gasteiger partial charge on any atom is -0.309 e. The Kier molecular flexibility index (Phi) is 8.33. The summed E-state index contributed by atoms with van der Waals surface area (Å²) in [5.74, 6) is 0. The molecule has 100 valence electrons. The van der Waals surface area contributed by atoms with E-state index in [1.165, 1.54) is 0 Å². The maximum atomic E-state index is 2.24. The number of hydrogen-bond acceptors (Lipinski definition) is 2. The summed E-state index contributed by atoms with van der Waals surface area (Å²) in [4.78, 5) is 4.42. The Labute approximate surface area is 104 Å². The van der Waals surface area contributed by atoms with E-state index in [9.17, 15) is 0 Å². The molecule has 16 heavy (non-hydrogen) atoms. The van der Waals surface area contributed by atoms with Crippen molar-refractivity contribution < 1.29 is 0 Å². The summed E-state index contributed by atoms with van der Waals surface area (Å²) in [6, 6.07) is 0. The van der Waals surface area contributed by atoms with Crippen LogP contribution >= 0.6 is 0 Å². The summed E-state index contributed by atoms with van der Waals surface area (Å²) >= 11 is 0. The van der Waals surface area contributed by atoms with Gasteiger partial charge in [0.25, 0.3) is 0 Å². The highest BCUT2D eigenvalue weighted by molar-refractivity contribution is 4.63. The van der Waals surface area contributed by atoms with E-state index >= 15 is 0 Å². The van der Waals surface area contributed by atoms with Crippen molar-refractivity contribution in [2.45, 2.75) is 41.5 Å². The topological polar surface area (TPSA) is 6.48 Å². The predicted octanol–water partition coefficient (Wildman–Crippen LogP) is 3.19. The summed E-state index contributed by atoms with van der Waals surface area (Å²) < 4.78 is 0. The van der Waals surface area contributed by atoms with Crippen molar-refractivity contribution in [3.8, 4) is 0 Å². The van der Waals surface area contributed by atoms with Crippen LogP contribution < -0.4 is 0 Å². The van der Waals surface area contributed by atoms with Gasteiger partial charge >= 0.3 is 0 Å². The minimum atomic E-state index is 0.448. The molecule has 0 bridgehead atoms. The van der Waals surface area contributed by atoms with Crippen molar-refractivity contribution in [3.05, 3.63) is 0 Å². The number of nitrogens with zero attached hydrogens (tertiary/aromatic N) is 2. The molecule has 0 atom stereocenters. The van der Waals surface area contributed by atoms with Crippen LogP contribution in [0.1, 0.15) is 41.5 Å². The van der Waals surface area contributed by atoms with Gasteiger partial charge in [-0.1, -0.05) is 41.5 Å². The van der Waals surface area contributed by atoms with Crippen LogP contribution in [-0.4, -0.2) is 51.1 Å². The summed E-state index contributed by atoms with van der Waals surface area (Å²) in [5.41, 5.74) is 0.896. The zero-order valence-corrected chi connectivity index (χ0v) is 13.3. The lowest BCUT2D eigenvalue weighted by atomic mass is 9.97. The maximum Gasteiger partial charge on any atom is 0.00239 e. The Bertz CT molecular complexity index is 139. The first-order valence-corrected chi connectivity index (χ1v) is 6.13. The smallest absolute Gasteiger partial charge is 0.00239 e. The molecule has 0 radical (unpaired) electrons. The first-order valence-electron chi connectivity index (χ1n) is 6.13. The summed E-state index contributed by atoms with van der Waals surface area (Å²) in [6.45, 7) is 15.8. The van der Waals surface area contributed by atoms with Crippen LogP contribution in [0.3, 0.4) is 0 Å². The Morgan fingerprint density at radius 2 is 0.750 bits per heavy atom. The van der Waals surface area contributed by atoms with Gasteiger partial charge in [-0.2, -0.15) is 0 Å². The fourth-order valence-corrected chi connectivity index (χ4v) is 1.90. The fourth-order valence-electron chi connectivity index (χ4n) is 1.90. The van der Waals surface area contributed by atoms with E-state index in [0.717, 1.165) is 13.1 Å². The number of hydrogen-bond donors (Lipinski definition) is 0. The van der Waals surface area contributed by atoms with E-state index in [1.807, 2.05) is 0 Å². The van der Waals surface area contributed by atoms with Gasteiger partial charge in [0.2, 0.25) is 0 Å². The average molecular weight is 230 g/mol. The van der Waals surface area contributed by atoms with Crippen molar-refractivity contribution in [2.24, 2.45) is 10.8 Å². The second kappa shape index (κ2) is 7.29. The highest BCUT2D eigenvalue weighted by Crippen LogP contribution is 2.13. The van der Waals surface area contributed by atoms with Gasteiger partial charge in [0.05, 0.1) is 0 Å². The molecule has 0 aromatic heterocycles. The highest BCUT2D eigenvalue weighted by atomic mass is 15.1. The molecule has 0 saturated heterocycles. The molecule has 0 aromatic rings. The van der Waals surface area contributed by atoms with E-state index < -0.39 is 0 Å². The molecule has 0 aliphatic heterocycles. The Morgan fingerprint density at radius 3 is 0.750 bits per heavy atom. The Balaban J connectivity index is 0. The normalized spacial score (nSPS) is 12.8. The molecule has 0 rings (SSSR count). The minimum absolute atomic E-state index is 0.448. The van der Waals surface area contributed by atoms with Crippen LogP contribution in [0.25, 0.3) is 0 Å². The van der Waals surface area contributed by atoms with Gasteiger partial charge in [0, 0.05) is 13.1 Å². The molecule has 0 saturated carbocycles. The van der Waals surface area contributed by atoms with Crippen LogP contribution in [0, 0.1) is 10.8 Å². The fraction of sp³-hybridized carbons (Fsp3) is 1.00. The van der Waals surface area contributed by atoms with Gasteiger partial charge in [0.1, 0.15) is 0 Å². The predicted molar refractivity (Wildman–Crippen MR) is 76.0 cm³/mol. The molecule has 0 amide bonds. The molecule has 2 nitrogen and oxygen atoms in total. The molecule has 2 heteroatoms. The van der Waals surface area contributed by atoms with Gasteiger partial charge in [-0.25, -0.2) is 0 Å². The Morgan fingerprint density at radius 1 is 0.562 bits per heavy atom. The van der Waals surface area contributed by atoms with E-state index in [-0.39, 0.29) is 0 Å². The van der Waals surface area contributed by atoms with E-state index in [1.54, 1.807) is 0 Å². The Hall–Kier alpha value is -0.0800. The molecule has 0 heterocycles. The second-order valence-electron chi connectivity index (χ2n) is 7.60. The molecule has 0 aliphatic carbocycles. The van der Waals surface area contributed by atoms with E-state index in [0.29, 0.717) is 10.8 Å². The second-order valence-corrected chi connectivity index (χ2v) is 7.60. The first kappa shape index (κ1) is 18.3. The van der Waals surface area contributed by atoms with Crippen molar-refractivity contribution in [1.82, 2.24) is 9.80 Å². The SMILES string of the molecule is CN(C)CC(C)(C)C.CN(C)CC(C)(C)C. The van der Waals surface area contributed by atoms with Gasteiger partial charge in [-0.3, -0.25) is 0 Å². The summed E-state index contributed by atoms with van der Waals surface area (Å²) in [7, 11) is 8.41. The molecular weight excluding hydrogens is 196 g/mol. The molecule has 0 unspecified atom stereocenters. The van der Waals surface area contributed by atoms with Crippen molar-refractivity contribution in [3.63, 3.8) is 0 Å². The molecule has 0 spiro atoms. The van der Waals surface area contributed by atoms with E-state index in [4.69, 9.17) is 0 Å². The standard InChI is InChI=1S/2C7H17N/c2*1-7(2,3)6-8(4)5/h2*6H2,1-5H3. The third-order valence-corrected chi connectivity index (χ3v) is 1.58. The zero-order chi connectivity index (χ0) is 13.6. The highest BCUT2D eigenvalue weighted by Gasteiger charge is 2.10. The van der Waals surface area contributed by atoms with Crippen LogP contribution in [-0.2, 0) is 0 Å². The number of rotatable bonds is 2. The summed E-state index contributed by atoms with van der Waals surface area (Å²) in [5, 5.41) is 0. The quantitative estimate of drug-likeness (QED) is 0.719. The third-order valence-electron chi connectivity index (χ3n) is 1.58. The molecule has 0 fully saturated rings. The summed E-state index contributed by atoms with van der Waals surface area (Å²) in [6.07, 6.45) is 0. The molecule has 0 aromatic carbocycles. The van der Waals surface area contributed by atoms with Crippen LogP contribution in [0.2, 0.25) is 0 Å². The van der Waals surface area contributed by atoms with Crippen molar-refractivity contribution in [2.75, 3.05) is 41.3 Å². The van der Waals surface area contributed by atoms with Crippen LogP contribution in [0.15, 0.2) is 0 Å². The van der Waals surface area contributed by atoms with Crippen molar-refractivity contribution >= 4 is 0 Å².